The maximum atomic E-state index is 4.20. The fourth-order valence-electron chi connectivity index (χ4n) is 2.04. The zero-order valence-corrected chi connectivity index (χ0v) is 8.80. The van der Waals surface area contributed by atoms with Crippen LogP contribution in [0, 0.1) is 0 Å². The van der Waals surface area contributed by atoms with Crippen molar-refractivity contribution in [1.82, 2.24) is 5.43 Å². The van der Waals surface area contributed by atoms with Crippen LogP contribution < -0.4 is 5.43 Å². The topological polar surface area (TPSA) is 24.4 Å². The van der Waals surface area contributed by atoms with Crippen LogP contribution >= 0.6 is 0 Å². The lowest BCUT2D eigenvalue weighted by molar-refractivity contribution is 0.632. The molecule has 2 nitrogen and oxygen atoms in total. The van der Waals surface area contributed by atoms with Crippen LogP contribution in [0.25, 0.3) is 0 Å². The maximum Gasteiger partial charge on any atom is 0.0946 e. The third kappa shape index (κ3) is 1.48. The van der Waals surface area contributed by atoms with E-state index in [0.29, 0.717) is 0 Å². The summed E-state index contributed by atoms with van der Waals surface area (Å²) < 4.78 is 0. The monoisotopic (exact) mass is 208 g/mol. The van der Waals surface area contributed by atoms with E-state index in [-0.39, 0.29) is 6.04 Å². The summed E-state index contributed by atoms with van der Waals surface area (Å²) in [5.74, 6) is 0. The molecule has 0 fully saturated rings. The molecule has 0 spiro atoms. The van der Waals surface area contributed by atoms with Gasteiger partial charge in [0.25, 0.3) is 0 Å². The summed E-state index contributed by atoms with van der Waals surface area (Å²) in [6.45, 7) is 0. The molecular weight excluding hydrogens is 196 g/mol. The molecule has 0 aromatic heterocycles. The van der Waals surface area contributed by atoms with Crippen molar-refractivity contribution in [3.8, 4) is 0 Å². The standard InChI is InChI=1S/C14H12N2/c1-2-6-11(7-3-1)14-13-9-5-4-8-12(13)10-15-16-14/h1-10,14,16H. The molecular formula is C14H12N2. The predicted molar refractivity (Wildman–Crippen MR) is 65.5 cm³/mol. The lowest BCUT2D eigenvalue weighted by Gasteiger charge is -2.22. The Labute approximate surface area is 94.6 Å². The molecule has 1 aliphatic heterocycles. The molecule has 0 bridgehead atoms. The molecule has 1 atom stereocenters. The van der Waals surface area contributed by atoms with E-state index in [0.717, 1.165) is 0 Å². The number of hydrogen-bond acceptors (Lipinski definition) is 2. The van der Waals surface area contributed by atoms with Crippen LogP contribution in [0.15, 0.2) is 59.7 Å². The van der Waals surface area contributed by atoms with Gasteiger partial charge in [-0.3, -0.25) is 5.43 Å². The van der Waals surface area contributed by atoms with Crippen LogP contribution in [-0.2, 0) is 0 Å². The van der Waals surface area contributed by atoms with Gasteiger partial charge in [-0.15, -0.1) is 0 Å². The summed E-state index contributed by atoms with van der Waals surface area (Å²) in [5, 5.41) is 4.20. The largest absolute Gasteiger partial charge is 0.298 e. The minimum atomic E-state index is 0.169. The van der Waals surface area contributed by atoms with Crippen molar-refractivity contribution >= 4 is 6.21 Å². The molecule has 2 aromatic rings. The molecule has 1 aliphatic rings. The van der Waals surface area contributed by atoms with Gasteiger partial charge in [-0.1, -0.05) is 54.6 Å². The number of hydrazone groups is 1. The first kappa shape index (κ1) is 9.16. The van der Waals surface area contributed by atoms with Crippen LogP contribution in [0.3, 0.4) is 0 Å². The fourth-order valence-corrected chi connectivity index (χ4v) is 2.04. The Hall–Kier alpha value is -2.09. The Morgan fingerprint density at radius 1 is 0.875 bits per heavy atom. The highest BCUT2D eigenvalue weighted by Gasteiger charge is 2.17. The van der Waals surface area contributed by atoms with Gasteiger partial charge in [0.05, 0.1) is 12.3 Å². The van der Waals surface area contributed by atoms with Crippen molar-refractivity contribution in [3.63, 3.8) is 0 Å². The highest BCUT2D eigenvalue weighted by molar-refractivity contribution is 5.83. The van der Waals surface area contributed by atoms with Crippen molar-refractivity contribution in [2.45, 2.75) is 6.04 Å². The van der Waals surface area contributed by atoms with E-state index in [1.807, 2.05) is 18.3 Å². The number of rotatable bonds is 1. The molecule has 0 saturated carbocycles. The Balaban J connectivity index is 2.09. The van der Waals surface area contributed by atoms with E-state index in [2.05, 4.69) is 53.0 Å². The summed E-state index contributed by atoms with van der Waals surface area (Å²) in [6.07, 6.45) is 1.87. The highest BCUT2D eigenvalue weighted by atomic mass is 15.3. The second kappa shape index (κ2) is 3.81. The van der Waals surface area contributed by atoms with Crippen LogP contribution in [0.4, 0.5) is 0 Å². The Morgan fingerprint density at radius 3 is 2.50 bits per heavy atom. The molecule has 0 aliphatic carbocycles. The minimum Gasteiger partial charge on any atom is -0.298 e. The number of nitrogens with zero attached hydrogens (tertiary/aromatic N) is 1. The molecule has 78 valence electrons. The van der Waals surface area contributed by atoms with Crippen molar-refractivity contribution in [1.29, 1.82) is 0 Å². The molecule has 2 heteroatoms. The average Bonchev–Trinajstić information content (AvgIpc) is 2.39. The number of fused-ring (bicyclic) bond motifs is 1. The molecule has 1 N–H and O–H groups in total. The lowest BCUT2D eigenvalue weighted by Crippen LogP contribution is -2.22. The van der Waals surface area contributed by atoms with E-state index in [1.165, 1.54) is 16.7 Å². The third-order valence-electron chi connectivity index (χ3n) is 2.85. The van der Waals surface area contributed by atoms with Crippen molar-refractivity contribution < 1.29 is 0 Å². The fraction of sp³-hybridized carbons (Fsp3) is 0.0714. The lowest BCUT2D eigenvalue weighted by atomic mass is 9.94. The summed E-state index contributed by atoms with van der Waals surface area (Å²) in [4.78, 5) is 0. The highest BCUT2D eigenvalue weighted by Crippen LogP contribution is 2.26. The van der Waals surface area contributed by atoms with Gasteiger partial charge in [0.2, 0.25) is 0 Å². The molecule has 0 amide bonds. The molecule has 0 radical (unpaired) electrons. The molecule has 16 heavy (non-hydrogen) atoms. The summed E-state index contributed by atoms with van der Waals surface area (Å²) >= 11 is 0. The summed E-state index contributed by atoms with van der Waals surface area (Å²) in [5.41, 5.74) is 6.87. The van der Waals surface area contributed by atoms with Crippen LogP contribution in [-0.4, -0.2) is 6.21 Å². The first-order valence-corrected chi connectivity index (χ1v) is 5.37. The number of hydrogen-bond donors (Lipinski definition) is 1. The van der Waals surface area contributed by atoms with Gasteiger partial charge in [-0.2, -0.15) is 5.10 Å². The Bertz CT molecular complexity index is 517. The molecule has 1 unspecified atom stereocenters. The molecule has 0 saturated heterocycles. The van der Waals surface area contributed by atoms with E-state index in [4.69, 9.17) is 0 Å². The second-order valence-electron chi connectivity index (χ2n) is 3.86. The van der Waals surface area contributed by atoms with E-state index >= 15 is 0 Å². The van der Waals surface area contributed by atoms with Gasteiger partial charge >= 0.3 is 0 Å². The van der Waals surface area contributed by atoms with E-state index < -0.39 is 0 Å². The smallest absolute Gasteiger partial charge is 0.0946 e. The van der Waals surface area contributed by atoms with Crippen LogP contribution in [0.2, 0.25) is 0 Å². The van der Waals surface area contributed by atoms with Gasteiger partial charge in [-0.05, 0) is 11.1 Å². The van der Waals surface area contributed by atoms with Gasteiger partial charge in [-0.25, -0.2) is 0 Å². The zero-order valence-electron chi connectivity index (χ0n) is 8.80. The predicted octanol–water partition coefficient (Wildman–Crippen LogP) is 2.71. The van der Waals surface area contributed by atoms with Gasteiger partial charge < -0.3 is 0 Å². The average molecular weight is 208 g/mol. The quantitative estimate of drug-likeness (QED) is 0.765. The van der Waals surface area contributed by atoms with E-state index in [1.54, 1.807) is 0 Å². The van der Waals surface area contributed by atoms with Crippen LogP contribution in [0.1, 0.15) is 22.7 Å². The van der Waals surface area contributed by atoms with Crippen LogP contribution in [0.5, 0.6) is 0 Å². The van der Waals surface area contributed by atoms with Crippen molar-refractivity contribution in [3.05, 3.63) is 71.3 Å². The summed E-state index contributed by atoms with van der Waals surface area (Å²) in [7, 11) is 0. The Kier molecular flexibility index (Phi) is 2.18. The van der Waals surface area contributed by atoms with Gasteiger partial charge in [0.1, 0.15) is 0 Å². The molecule has 1 heterocycles. The van der Waals surface area contributed by atoms with Gasteiger partial charge in [0.15, 0.2) is 0 Å². The number of nitrogens with one attached hydrogen (secondary N) is 1. The summed E-state index contributed by atoms with van der Waals surface area (Å²) in [6, 6.07) is 18.9. The first-order valence-electron chi connectivity index (χ1n) is 5.37. The molecule has 2 aromatic carbocycles. The SMILES string of the molecule is C1=NNC(c2ccccc2)c2ccccc21. The minimum absolute atomic E-state index is 0.169. The second-order valence-corrected chi connectivity index (χ2v) is 3.86. The maximum absolute atomic E-state index is 4.20. The molecule has 3 rings (SSSR count). The third-order valence-corrected chi connectivity index (χ3v) is 2.85. The Morgan fingerprint density at radius 2 is 1.62 bits per heavy atom. The van der Waals surface area contributed by atoms with E-state index in [9.17, 15) is 0 Å². The normalized spacial score (nSPS) is 17.6. The van der Waals surface area contributed by atoms with Gasteiger partial charge in [0, 0.05) is 5.56 Å². The number of benzene rings is 2. The zero-order chi connectivity index (χ0) is 10.8. The van der Waals surface area contributed by atoms with Crippen molar-refractivity contribution in [2.24, 2.45) is 5.10 Å². The first-order chi connectivity index (χ1) is 7.95. The van der Waals surface area contributed by atoms with Crippen molar-refractivity contribution in [2.75, 3.05) is 0 Å².